The van der Waals surface area contributed by atoms with Crippen molar-refractivity contribution < 1.29 is 9.59 Å². The van der Waals surface area contributed by atoms with Gasteiger partial charge in [-0.15, -0.1) is 23.1 Å². The van der Waals surface area contributed by atoms with Crippen molar-refractivity contribution in [1.29, 1.82) is 0 Å². The molecule has 1 aromatic heterocycles. The highest BCUT2D eigenvalue weighted by molar-refractivity contribution is 8.00. The third kappa shape index (κ3) is 4.97. The average Bonchev–Trinajstić information content (AvgIpc) is 3.16. The number of hydrogen-bond donors (Lipinski definition) is 2. The SMILES string of the molecule is CC(=O)Nc1ccc(SCC(=O)Nc2ccccc2-c2cccs2)cc1. The quantitative estimate of drug-likeness (QED) is 0.583. The second-order valence-electron chi connectivity index (χ2n) is 5.57. The van der Waals surface area contributed by atoms with Crippen LogP contribution in [0.1, 0.15) is 6.92 Å². The molecule has 6 heteroatoms. The smallest absolute Gasteiger partial charge is 0.234 e. The highest BCUT2D eigenvalue weighted by Crippen LogP contribution is 2.31. The van der Waals surface area contributed by atoms with Gasteiger partial charge in [-0.1, -0.05) is 24.3 Å². The average molecular weight is 383 g/mol. The summed E-state index contributed by atoms with van der Waals surface area (Å²) < 4.78 is 0. The first-order chi connectivity index (χ1) is 12.6. The molecule has 132 valence electrons. The maximum absolute atomic E-state index is 12.3. The number of carbonyl (C=O) groups excluding carboxylic acids is 2. The summed E-state index contributed by atoms with van der Waals surface area (Å²) in [4.78, 5) is 25.5. The first-order valence-corrected chi connectivity index (χ1v) is 9.91. The number of nitrogens with one attached hydrogen (secondary N) is 2. The summed E-state index contributed by atoms with van der Waals surface area (Å²) in [6.45, 7) is 1.47. The molecule has 0 atom stereocenters. The Hall–Kier alpha value is -2.57. The number of carbonyl (C=O) groups is 2. The van der Waals surface area contributed by atoms with E-state index in [4.69, 9.17) is 0 Å². The van der Waals surface area contributed by atoms with E-state index in [0.717, 1.165) is 26.7 Å². The number of thiophene rings is 1. The summed E-state index contributed by atoms with van der Waals surface area (Å²) in [5, 5.41) is 7.74. The van der Waals surface area contributed by atoms with E-state index in [1.165, 1.54) is 18.7 Å². The van der Waals surface area contributed by atoms with E-state index >= 15 is 0 Å². The summed E-state index contributed by atoms with van der Waals surface area (Å²) in [5.74, 6) is 0.164. The van der Waals surface area contributed by atoms with Crippen molar-refractivity contribution in [3.05, 3.63) is 66.0 Å². The van der Waals surface area contributed by atoms with E-state index < -0.39 is 0 Å². The van der Waals surface area contributed by atoms with Gasteiger partial charge in [-0.05, 0) is 41.8 Å². The molecule has 3 rings (SSSR count). The van der Waals surface area contributed by atoms with Crippen molar-refractivity contribution in [2.75, 3.05) is 16.4 Å². The molecular weight excluding hydrogens is 364 g/mol. The summed E-state index contributed by atoms with van der Waals surface area (Å²) in [6.07, 6.45) is 0. The Kier molecular flexibility index (Phi) is 6.09. The maximum atomic E-state index is 12.3. The minimum Gasteiger partial charge on any atom is -0.326 e. The standard InChI is InChI=1S/C20H18N2O2S2/c1-14(23)21-15-8-10-16(11-9-15)26-13-20(24)22-18-6-3-2-5-17(18)19-7-4-12-25-19/h2-12H,13H2,1H3,(H,21,23)(H,22,24). The van der Waals surface area contributed by atoms with E-state index in [-0.39, 0.29) is 11.8 Å². The minimum atomic E-state index is -0.103. The maximum Gasteiger partial charge on any atom is 0.234 e. The van der Waals surface area contributed by atoms with Gasteiger partial charge in [-0.2, -0.15) is 0 Å². The number of amides is 2. The molecule has 0 bridgehead atoms. The van der Waals surface area contributed by atoms with E-state index in [2.05, 4.69) is 10.6 Å². The molecule has 0 spiro atoms. The van der Waals surface area contributed by atoms with Crippen LogP contribution >= 0.6 is 23.1 Å². The second kappa shape index (κ2) is 8.69. The van der Waals surface area contributed by atoms with Gasteiger partial charge in [0.1, 0.15) is 0 Å². The van der Waals surface area contributed by atoms with Crippen LogP contribution in [0.3, 0.4) is 0 Å². The van der Waals surface area contributed by atoms with Crippen LogP contribution in [0.4, 0.5) is 11.4 Å². The minimum absolute atomic E-state index is 0.0510. The Labute approximate surface area is 160 Å². The number of anilines is 2. The monoisotopic (exact) mass is 382 g/mol. The molecule has 0 aliphatic rings. The number of para-hydroxylation sites is 1. The number of rotatable bonds is 6. The molecule has 3 aromatic rings. The number of benzene rings is 2. The fourth-order valence-electron chi connectivity index (χ4n) is 2.41. The molecular formula is C20H18N2O2S2. The summed E-state index contributed by atoms with van der Waals surface area (Å²) >= 11 is 3.10. The van der Waals surface area contributed by atoms with Crippen LogP contribution in [0.2, 0.25) is 0 Å². The van der Waals surface area contributed by atoms with Crippen molar-refractivity contribution in [3.8, 4) is 10.4 Å². The van der Waals surface area contributed by atoms with Crippen LogP contribution in [0.25, 0.3) is 10.4 Å². The van der Waals surface area contributed by atoms with Gasteiger partial charge in [0.05, 0.1) is 5.75 Å². The Morgan fingerprint density at radius 2 is 1.73 bits per heavy atom. The molecule has 4 nitrogen and oxygen atoms in total. The zero-order valence-corrected chi connectivity index (χ0v) is 15.8. The van der Waals surface area contributed by atoms with Gasteiger partial charge in [0, 0.05) is 33.6 Å². The molecule has 1 heterocycles. The largest absolute Gasteiger partial charge is 0.326 e. The molecule has 0 aliphatic heterocycles. The molecule has 0 unspecified atom stereocenters. The first kappa shape index (κ1) is 18.2. The van der Waals surface area contributed by atoms with Gasteiger partial charge in [-0.3, -0.25) is 9.59 Å². The van der Waals surface area contributed by atoms with E-state index in [9.17, 15) is 9.59 Å². The molecule has 0 saturated heterocycles. The molecule has 2 aromatic carbocycles. The molecule has 0 saturated carbocycles. The summed E-state index contributed by atoms with van der Waals surface area (Å²) in [7, 11) is 0. The van der Waals surface area contributed by atoms with E-state index in [1.54, 1.807) is 11.3 Å². The molecule has 2 N–H and O–H groups in total. The topological polar surface area (TPSA) is 58.2 Å². The van der Waals surface area contributed by atoms with Crippen molar-refractivity contribution in [2.24, 2.45) is 0 Å². The third-order valence-corrected chi connectivity index (χ3v) is 5.45. The molecule has 26 heavy (non-hydrogen) atoms. The zero-order chi connectivity index (χ0) is 18.4. The van der Waals surface area contributed by atoms with Crippen LogP contribution in [-0.2, 0) is 9.59 Å². The van der Waals surface area contributed by atoms with Crippen molar-refractivity contribution in [3.63, 3.8) is 0 Å². The molecule has 0 aliphatic carbocycles. The van der Waals surface area contributed by atoms with Crippen molar-refractivity contribution in [1.82, 2.24) is 0 Å². The Morgan fingerprint density at radius 3 is 2.42 bits per heavy atom. The predicted octanol–water partition coefficient (Wildman–Crippen LogP) is 5.10. The lowest BCUT2D eigenvalue weighted by Crippen LogP contribution is -2.14. The van der Waals surface area contributed by atoms with Crippen LogP contribution in [0.15, 0.2) is 70.9 Å². The van der Waals surface area contributed by atoms with Crippen LogP contribution in [0, 0.1) is 0 Å². The predicted molar refractivity (Wildman–Crippen MR) is 110 cm³/mol. The van der Waals surface area contributed by atoms with Crippen LogP contribution in [0.5, 0.6) is 0 Å². The molecule has 0 radical (unpaired) electrons. The van der Waals surface area contributed by atoms with Gasteiger partial charge in [0.15, 0.2) is 0 Å². The van der Waals surface area contributed by atoms with Crippen LogP contribution < -0.4 is 10.6 Å². The van der Waals surface area contributed by atoms with Gasteiger partial charge < -0.3 is 10.6 Å². The zero-order valence-electron chi connectivity index (χ0n) is 14.2. The lowest BCUT2D eigenvalue weighted by atomic mass is 10.1. The van der Waals surface area contributed by atoms with E-state index in [1.807, 2.05) is 66.0 Å². The van der Waals surface area contributed by atoms with Gasteiger partial charge in [0.25, 0.3) is 0 Å². The second-order valence-corrected chi connectivity index (χ2v) is 7.56. The number of hydrogen-bond acceptors (Lipinski definition) is 4. The lowest BCUT2D eigenvalue weighted by Gasteiger charge is -2.10. The third-order valence-electron chi connectivity index (χ3n) is 3.53. The molecule has 0 fully saturated rings. The Morgan fingerprint density at radius 1 is 0.962 bits per heavy atom. The number of thioether (sulfide) groups is 1. The highest BCUT2D eigenvalue weighted by atomic mass is 32.2. The highest BCUT2D eigenvalue weighted by Gasteiger charge is 2.09. The Bertz CT molecular complexity index is 890. The van der Waals surface area contributed by atoms with Crippen molar-refractivity contribution in [2.45, 2.75) is 11.8 Å². The molecule has 2 amide bonds. The van der Waals surface area contributed by atoms with Gasteiger partial charge >= 0.3 is 0 Å². The van der Waals surface area contributed by atoms with Gasteiger partial charge in [-0.25, -0.2) is 0 Å². The Balaban J connectivity index is 1.59. The van der Waals surface area contributed by atoms with E-state index in [0.29, 0.717) is 5.75 Å². The fourth-order valence-corrected chi connectivity index (χ4v) is 3.88. The fraction of sp³-hybridized carbons (Fsp3) is 0.100. The summed E-state index contributed by atoms with van der Waals surface area (Å²) in [5.41, 5.74) is 2.60. The van der Waals surface area contributed by atoms with Crippen LogP contribution in [-0.4, -0.2) is 17.6 Å². The van der Waals surface area contributed by atoms with Crippen molar-refractivity contribution >= 4 is 46.3 Å². The first-order valence-electron chi connectivity index (χ1n) is 8.05. The summed E-state index contributed by atoms with van der Waals surface area (Å²) in [6, 6.07) is 19.3. The van der Waals surface area contributed by atoms with Gasteiger partial charge in [0.2, 0.25) is 11.8 Å². The normalized spacial score (nSPS) is 10.3. The lowest BCUT2D eigenvalue weighted by molar-refractivity contribution is -0.114.